The lowest BCUT2D eigenvalue weighted by atomic mass is 10.1. The van der Waals surface area contributed by atoms with E-state index in [0.717, 1.165) is 5.56 Å². The summed E-state index contributed by atoms with van der Waals surface area (Å²) in [4.78, 5) is 31.3. The Morgan fingerprint density at radius 3 is 2.92 bits per heavy atom. The summed E-state index contributed by atoms with van der Waals surface area (Å²) in [6.07, 6.45) is 4.96. The molecule has 0 spiro atoms. The monoisotopic (exact) mass is 357 g/mol. The van der Waals surface area contributed by atoms with Crippen LogP contribution < -0.4 is 10.9 Å². The van der Waals surface area contributed by atoms with Crippen LogP contribution in [0.15, 0.2) is 52.0 Å². The molecular weight excluding hydrogens is 342 g/mol. The highest BCUT2D eigenvalue weighted by molar-refractivity contribution is 6.31. The molecule has 2 aromatic rings. The minimum atomic E-state index is -0.617. The Morgan fingerprint density at radius 1 is 1.36 bits per heavy atom. The van der Waals surface area contributed by atoms with Crippen LogP contribution >= 0.6 is 11.6 Å². The van der Waals surface area contributed by atoms with Crippen molar-refractivity contribution in [3.8, 4) is 0 Å². The highest BCUT2D eigenvalue weighted by Gasteiger charge is 2.18. The third-order valence-corrected chi connectivity index (χ3v) is 3.95. The number of hydrogen-bond acceptors (Lipinski definition) is 4. The zero-order valence-corrected chi connectivity index (χ0v) is 14.5. The number of benzene rings is 1. The number of aromatic nitrogens is 2. The van der Waals surface area contributed by atoms with E-state index in [1.807, 2.05) is 13.0 Å². The van der Waals surface area contributed by atoms with Crippen LogP contribution in [0.4, 0.5) is 4.79 Å². The van der Waals surface area contributed by atoms with Gasteiger partial charge in [-0.2, -0.15) is 0 Å². The highest BCUT2D eigenvalue weighted by atomic mass is 35.5. The number of allylic oxidation sites excluding steroid dienone is 5. The molecule has 7 heteroatoms. The molecular formula is C18H16ClN3O3. The van der Waals surface area contributed by atoms with Crippen LogP contribution in [0.1, 0.15) is 17.8 Å². The number of carbonyl (C=O) groups excluding carboxylic acids is 1. The number of aryl methyl sites for hydroxylation is 1. The smallest absolute Gasteiger partial charge is 0.410 e. The van der Waals surface area contributed by atoms with Gasteiger partial charge in [0, 0.05) is 12.1 Å². The Balaban J connectivity index is 2.15. The van der Waals surface area contributed by atoms with Crippen LogP contribution in [-0.2, 0) is 4.74 Å². The number of alkyl carbamates (subject to hydrolysis) is 1. The summed E-state index contributed by atoms with van der Waals surface area (Å²) in [6.45, 7) is 1.91. The largest absolute Gasteiger partial charge is 0.412 e. The lowest BCUT2D eigenvalue weighted by molar-refractivity contribution is 0.182. The van der Waals surface area contributed by atoms with Gasteiger partial charge in [-0.25, -0.2) is 9.78 Å². The molecule has 0 saturated heterocycles. The first-order valence-corrected chi connectivity index (χ1v) is 8.04. The number of aromatic amines is 1. The highest BCUT2D eigenvalue weighted by Crippen LogP contribution is 2.28. The quantitative estimate of drug-likeness (QED) is 0.863. The molecule has 0 saturated carbocycles. The van der Waals surface area contributed by atoms with Crippen molar-refractivity contribution in [1.82, 2.24) is 15.3 Å². The van der Waals surface area contributed by atoms with Crippen LogP contribution in [0.2, 0.25) is 0 Å². The number of amides is 1. The van der Waals surface area contributed by atoms with Crippen molar-refractivity contribution in [2.24, 2.45) is 0 Å². The SMILES string of the molecule is CNC(=O)OC1=CCC=C(Cl)C=C1c1nc2ccc(C)cc2c(=O)[nH]1. The van der Waals surface area contributed by atoms with Crippen LogP contribution in [0.5, 0.6) is 0 Å². The van der Waals surface area contributed by atoms with Gasteiger partial charge in [-0.05, 0) is 37.6 Å². The average Bonchev–Trinajstić information content (AvgIpc) is 2.76. The topological polar surface area (TPSA) is 84.1 Å². The van der Waals surface area contributed by atoms with Crippen molar-refractivity contribution < 1.29 is 9.53 Å². The summed E-state index contributed by atoms with van der Waals surface area (Å²) in [5.41, 5.74) is 1.68. The van der Waals surface area contributed by atoms with E-state index in [1.165, 1.54) is 7.05 Å². The second-order valence-corrected chi connectivity index (χ2v) is 5.96. The van der Waals surface area contributed by atoms with Gasteiger partial charge in [0.1, 0.15) is 11.6 Å². The number of ether oxygens (including phenoxy) is 1. The third-order valence-electron chi connectivity index (χ3n) is 3.69. The standard InChI is InChI=1S/C18H16ClN3O3/c1-10-6-7-14-12(8-10)17(23)22-16(21-14)13-9-11(19)4-3-5-15(13)25-18(24)20-2/h4-9H,3H2,1-2H3,(H,20,24)(H,21,22,23). The van der Waals surface area contributed by atoms with Crippen molar-refractivity contribution in [3.05, 3.63) is 69.0 Å². The van der Waals surface area contributed by atoms with Gasteiger partial charge < -0.3 is 15.0 Å². The fraction of sp³-hybridized carbons (Fsp3) is 0.167. The number of rotatable bonds is 2. The predicted octanol–water partition coefficient (Wildman–Crippen LogP) is 3.38. The molecule has 1 aromatic carbocycles. The van der Waals surface area contributed by atoms with Gasteiger partial charge in [0.25, 0.3) is 5.56 Å². The zero-order chi connectivity index (χ0) is 18.0. The summed E-state index contributed by atoms with van der Waals surface area (Å²) in [6, 6.07) is 5.43. The first kappa shape index (κ1) is 17.0. The molecule has 1 aliphatic carbocycles. The van der Waals surface area contributed by atoms with Gasteiger partial charge in [0.15, 0.2) is 0 Å². The average molecular weight is 358 g/mol. The van der Waals surface area contributed by atoms with Crippen molar-refractivity contribution in [3.63, 3.8) is 0 Å². The predicted molar refractivity (Wildman–Crippen MR) is 97.3 cm³/mol. The van der Waals surface area contributed by atoms with E-state index < -0.39 is 6.09 Å². The number of nitrogens with zero attached hydrogens (tertiary/aromatic N) is 1. The van der Waals surface area contributed by atoms with Crippen LogP contribution in [0.3, 0.4) is 0 Å². The number of nitrogens with one attached hydrogen (secondary N) is 2. The number of H-pyrrole nitrogens is 1. The van der Waals surface area contributed by atoms with Gasteiger partial charge >= 0.3 is 6.09 Å². The minimum Gasteiger partial charge on any atom is -0.410 e. The number of hydrogen-bond donors (Lipinski definition) is 2. The Kier molecular flexibility index (Phi) is 4.72. The molecule has 1 aromatic heterocycles. The van der Waals surface area contributed by atoms with E-state index in [-0.39, 0.29) is 17.1 Å². The lowest BCUT2D eigenvalue weighted by Crippen LogP contribution is -2.20. The molecule has 1 amide bonds. The molecule has 2 N–H and O–H groups in total. The van der Waals surface area contributed by atoms with Crippen molar-refractivity contribution >= 4 is 34.2 Å². The van der Waals surface area contributed by atoms with Gasteiger partial charge in [-0.3, -0.25) is 4.79 Å². The normalized spacial score (nSPS) is 14.3. The number of fused-ring (bicyclic) bond motifs is 1. The molecule has 3 rings (SSSR count). The second kappa shape index (κ2) is 6.94. The molecule has 0 bridgehead atoms. The summed E-state index contributed by atoms with van der Waals surface area (Å²) in [7, 11) is 1.46. The van der Waals surface area contributed by atoms with E-state index in [2.05, 4.69) is 15.3 Å². The molecule has 1 heterocycles. The maximum atomic E-state index is 12.4. The molecule has 0 radical (unpaired) electrons. The fourth-order valence-corrected chi connectivity index (χ4v) is 2.67. The minimum absolute atomic E-state index is 0.270. The van der Waals surface area contributed by atoms with Crippen LogP contribution in [0, 0.1) is 6.92 Å². The van der Waals surface area contributed by atoms with Gasteiger partial charge in [-0.15, -0.1) is 0 Å². The Morgan fingerprint density at radius 2 is 2.16 bits per heavy atom. The molecule has 6 nitrogen and oxygen atoms in total. The second-order valence-electron chi connectivity index (χ2n) is 5.53. The van der Waals surface area contributed by atoms with Crippen molar-refractivity contribution in [1.29, 1.82) is 0 Å². The van der Waals surface area contributed by atoms with Crippen molar-refractivity contribution in [2.75, 3.05) is 7.05 Å². The maximum absolute atomic E-state index is 12.4. The first-order valence-electron chi connectivity index (χ1n) is 7.66. The van der Waals surface area contributed by atoms with Gasteiger partial charge in [-0.1, -0.05) is 29.3 Å². The van der Waals surface area contributed by atoms with Crippen LogP contribution in [-0.4, -0.2) is 23.1 Å². The Labute approximate surface area is 148 Å². The summed E-state index contributed by atoms with van der Waals surface area (Å²) in [5.74, 6) is 0.561. The van der Waals surface area contributed by atoms with E-state index in [4.69, 9.17) is 16.3 Å². The molecule has 0 aliphatic heterocycles. The zero-order valence-electron chi connectivity index (χ0n) is 13.7. The Bertz CT molecular complexity index is 1000. The number of carbonyl (C=O) groups is 1. The third kappa shape index (κ3) is 3.64. The molecule has 1 aliphatic rings. The maximum Gasteiger partial charge on any atom is 0.412 e. The van der Waals surface area contributed by atoms with E-state index in [1.54, 1.807) is 30.4 Å². The number of halogens is 1. The van der Waals surface area contributed by atoms with E-state index in [0.29, 0.717) is 27.9 Å². The van der Waals surface area contributed by atoms with E-state index in [9.17, 15) is 9.59 Å². The van der Waals surface area contributed by atoms with Gasteiger partial charge in [0.2, 0.25) is 0 Å². The summed E-state index contributed by atoms with van der Waals surface area (Å²) < 4.78 is 5.30. The summed E-state index contributed by atoms with van der Waals surface area (Å²) >= 11 is 6.16. The molecule has 0 unspecified atom stereocenters. The van der Waals surface area contributed by atoms with E-state index >= 15 is 0 Å². The first-order chi connectivity index (χ1) is 12.0. The van der Waals surface area contributed by atoms with Crippen LogP contribution in [0.25, 0.3) is 16.5 Å². The Hall–Kier alpha value is -2.86. The van der Waals surface area contributed by atoms with Gasteiger partial charge in [0.05, 0.1) is 16.5 Å². The fourth-order valence-electron chi connectivity index (χ4n) is 2.47. The van der Waals surface area contributed by atoms with Crippen molar-refractivity contribution in [2.45, 2.75) is 13.3 Å². The summed E-state index contributed by atoms with van der Waals surface area (Å²) in [5, 5.41) is 3.36. The molecule has 25 heavy (non-hydrogen) atoms. The lowest BCUT2D eigenvalue weighted by Gasteiger charge is -2.12. The molecule has 0 atom stereocenters. The molecule has 128 valence electrons. The molecule has 0 fully saturated rings.